The molecule has 0 unspecified atom stereocenters. The fourth-order valence-electron chi connectivity index (χ4n) is 3.03. The molecule has 0 aliphatic heterocycles. The van der Waals surface area contributed by atoms with Crippen molar-refractivity contribution in [1.82, 2.24) is 9.78 Å². The summed E-state index contributed by atoms with van der Waals surface area (Å²) in [7, 11) is 0. The van der Waals surface area contributed by atoms with Crippen LogP contribution in [-0.2, 0) is 0 Å². The van der Waals surface area contributed by atoms with E-state index < -0.39 is 4.92 Å². The first-order valence-electron chi connectivity index (χ1n) is 8.94. The molecule has 4 aromatic rings. The molecular weight excluding hydrogens is 382 g/mol. The summed E-state index contributed by atoms with van der Waals surface area (Å²) in [4.78, 5) is 10.9. The number of anilines is 1. The molecule has 0 atom stereocenters. The third-order valence-electron chi connectivity index (χ3n) is 4.45. The number of nitriles is 1. The topological polar surface area (TPSA) is 120 Å². The Kier molecular flexibility index (Phi) is 4.85. The number of para-hydroxylation sites is 3. The molecular formula is C22H15N5O3. The van der Waals surface area contributed by atoms with Gasteiger partial charge in [-0.05, 0) is 42.5 Å². The van der Waals surface area contributed by atoms with E-state index in [0.717, 1.165) is 0 Å². The minimum absolute atomic E-state index is 0.0337. The van der Waals surface area contributed by atoms with Gasteiger partial charge in [0, 0.05) is 11.6 Å². The molecule has 0 spiro atoms. The number of rotatable bonds is 5. The summed E-state index contributed by atoms with van der Waals surface area (Å²) in [5.41, 5.74) is 7.26. The van der Waals surface area contributed by atoms with Crippen LogP contribution in [0.15, 0.2) is 78.9 Å². The maximum Gasteiger partial charge on any atom is 0.294 e. The van der Waals surface area contributed by atoms with Crippen LogP contribution in [0, 0.1) is 21.4 Å². The van der Waals surface area contributed by atoms with Gasteiger partial charge in [0.1, 0.15) is 40.3 Å². The number of aromatic nitrogens is 2. The highest BCUT2D eigenvalue weighted by atomic mass is 16.6. The molecule has 8 heteroatoms. The van der Waals surface area contributed by atoms with Gasteiger partial charge >= 0.3 is 0 Å². The van der Waals surface area contributed by atoms with Crippen molar-refractivity contribution in [2.75, 3.05) is 5.73 Å². The second-order valence-corrected chi connectivity index (χ2v) is 6.32. The van der Waals surface area contributed by atoms with Crippen molar-refractivity contribution in [2.45, 2.75) is 0 Å². The number of nitro groups is 1. The molecule has 0 amide bonds. The van der Waals surface area contributed by atoms with Gasteiger partial charge in [0.25, 0.3) is 5.69 Å². The van der Waals surface area contributed by atoms with Gasteiger partial charge in [0.2, 0.25) is 0 Å². The predicted molar refractivity (Wildman–Crippen MR) is 111 cm³/mol. The van der Waals surface area contributed by atoms with Gasteiger partial charge in [-0.2, -0.15) is 10.4 Å². The van der Waals surface area contributed by atoms with Gasteiger partial charge in [-0.25, -0.2) is 4.68 Å². The standard InChI is InChI=1S/C22H15N5O3/c23-14-18-21(15-10-12-17(13-11-15)30-16-6-2-1-3-7-16)25-26(22(18)24)19-8-4-5-9-20(19)27(28)29/h1-13H,24H2. The van der Waals surface area contributed by atoms with Crippen LogP contribution in [0.1, 0.15) is 5.56 Å². The summed E-state index contributed by atoms with van der Waals surface area (Å²) in [6.45, 7) is 0. The van der Waals surface area contributed by atoms with Crippen molar-refractivity contribution < 1.29 is 9.66 Å². The Morgan fingerprint density at radius 3 is 2.27 bits per heavy atom. The first-order chi connectivity index (χ1) is 14.6. The molecule has 146 valence electrons. The summed E-state index contributed by atoms with van der Waals surface area (Å²) in [5.74, 6) is 1.36. The zero-order valence-corrected chi connectivity index (χ0v) is 15.6. The average Bonchev–Trinajstić information content (AvgIpc) is 3.11. The highest BCUT2D eigenvalue weighted by Crippen LogP contribution is 2.33. The number of nitro benzene ring substituents is 1. The summed E-state index contributed by atoms with van der Waals surface area (Å²) < 4.78 is 7.00. The lowest BCUT2D eigenvalue weighted by Gasteiger charge is -2.06. The monoisotopic (exact) mass is 397 g/mol. The number of nitrogen functional groups attached to an aromatic ring is 1. The molecule has 3 aromatic carbocycles. The van der Waals surface area contributed by atoms with E-state index in [-0.39, 0.29) is 22.8 Å². The Morgan fingerprint density at radius 1 is 0.967 bits per heavy atom. The minimum atomic E-state index is -0.516. The van der Waals surface area contributed by atoms with Crippen LogP contribution < -0.4 is 10.5 Å². The number of nitrogens with zero attached hydrogens (tertiary/aromatic N) is 4. The molecule has 2 N–H and O–H groups in total. The van der Waals surface area contributed by atoms with Gasteiger partial charge in [0.15, 0.2) is 0 Å². The van der Waals surface area contributed by atoms with Gasteiger partial charge < -0.3 is 10.5 Å². The first-order valence-corrected chi connectivity index (χ1v) is 8.94. The molecule has 0 saturated heterocycles. The van der Waals surface area contributed by atoms with Crippen molar-refractivity contribution in [3.8, 4) is 34.5 Å². The third-order valence-corrected chi connectivity index (χ3v) is 4.45. The van der Waals surface area contributed by atoms with Crippen molar-refractivity contribution in [3.05, 3.63) is 94.5 Å². The van der Waals surface area contributed by atoms with E-state index >= 15 is 0 Å². The Bertz CT molecular complexity index is 1260. The van der Waals surface area contributed by atoms with Crippen LogP contribution in [0.3, 0.4) is 0 Å². The van der Waals surface area contributed by atoms with Gasteiger partial charge in [-0.15, -0.1) is 0 Å². The molecule has 0 aliphatic rings. The molecule has 1 heterocycles. The zero-order valence-electron chi connectivity index (χ0n) is 15.6. The van der Waals surface area contributed by atoms with E-state index in [1.54, 1.807) is 36.4 Å². The summed E-state index contributed by atoms with van der Waals surface area (Å²) in [6, 6.07) is 24.5. The van der Waals surface area contributed by atoms with Crippen LogP contribution in [0.5, 0.6) is 11.5 Å². The minimum Gasteiger partial charge on any atom is -0.457 e. The Balaban J connectivity index is 1.73. The lowest BCUT2D eigenvalue weighted by atomic mass is 10.1. The quantitative estimate of drug-likeness (QED) is 0.385. The smallest absolute Gasteiger partial charge is 0.294 e. The Hall–Kier alpha value is -4.64. The first kappa shape index (κ1) is 18.7. The fraction of sp³-hybridized carbons (Fsp3) is 0. The van der Waals surface area contributed by atoms with Crippen molar-refractivity contribution in [3.63, 3.8) is 0 Å². The van der Waals surface area contributed by atoms with E-state index in [1.807, 2.05) is 36.4 Å². The second kappa shape index (κ2) is 7.77. The SMILES string of the molecule is N#Cc1c(-c2ccc(Oc3ccccc3)cc2)nn(-c2ccccc2[N+](=O)[O-])c1N. The third kappa shape index (κ3) is 3.43. The highest BCUT2D eigenvalue weighted by Gasteiger charge is 2.23. The van der Waals surface area contributed by atoms with Gasteiger partial charge in [0.05, 0.1) is 4.92 Å². The van der Waals surface area contributed by atoms with Gasteiger partial charge in [-0.1, -0.05) is 30.3 Å². The lowest BCUT2D eigenvalue weighted by Crippen LogP contribution is -2.05. The van der Waals surface area contributed by atoms with Crippen molar-refractivity contribution in [2.24, 2.45) is 0 Å². The molecule has 0 bridgehead atoms. The van der Waals surface area contributed by atoms with E-state index in [0.29, 0.717) is 22.8 Å². The maximum atomic E-state index is 11.4. The largest absolute Gasteiger partial charge is 0.457 e. The number of nitrogens with two attached hydrogens (primary N) is 1. The lowest BCUT2D eigenvalue weighted by molar-refractivity contribution is -0.384. The van der Waals surface area contributed by atoms with E-state index in [4.69, 9.17) is 10.5 Å². The van der Waals surface area contributed by atoms with E-state index in [1.165, 1.54) is 16.8 Å². The molecule has 0 fully saturated rings. The van der Waals surface area contributed by atoms with Crippen LogP contribution in [0.25, 0.3) is 16.9 Å². The van der Waals surface area contributed by atoms with Crippen LogP contribution >= 0.6 is 0 Å². The molecule has 0 radical (unpaired) electrons. The van der Waals surface area contributed by atoms with Crippen LogP contribution in [0.4, 0.5) is 11.5 Å². The average molecular weight is 397 g/mol. The van der Waals surface area contributed by atoms with Crippen LogP contribution in [0.2, 0.25) is 0 Å². The number of benzene rings is 3. The molecule has 1 aromatic heterocycles. The van der Waals surface area contributed by atoms with Crippen molar-refractivity contribution in [1.29, 1.82) is 5.26 Å². The van der Waals surface area contributed by atoms with Crippen LogP contribution in [-0.4, -0.2) is 14.7 Å². The summed E-state index contributed by atoms with van der Waals surface area (Å²) in [5, 5.41) is 25.4. The fourth-order valence-corrected chi connectivity index (χ4v) is 3.03. The zero-order chi connectivity index (χ0) is 21.1. The molecule has 8 nitrogen and oxygen atoms in total. The Morgan fingerprint density at radius 2 is 1.60 bits per heavy atom. The van der Waals surface area contributed by atoms with Gasteiger partial charge in [-0.3, -0.25) is 10.1 Å². The van der Waals surface area contributed by atoms with E-state index in [2.05, 4.69) is 5.10 Å². The molecule has 30 heavy (non-hydrogen) atoms. The van der Waals surface area contributed by atoms with Crippen molar-refractivity contribution >= 4 is 11.5 Å². The molecule has 0 aliphatic carbocycles. The number of ether oxygens (including phenoxy) is 1. The predicted octanol–water partition coefficient (Wildman–Crippen LogP) is 4.69. The Labute approximate surface area is 171 Å². The normalized spacial score (nSPS) is 10.4. The second-order valence-electron chi connectivity index (χ2n) is 6.32. The highest BCUT2D eigenvalue weighted by molar-refractivity contribution is 5.75. The number of hydrogen-bond donors (Lipinski definition) is 1. The number of hydrogen-bond acceptors (Lipinski definition) is 6. The molecule has 4 rings (SSSR count). The summed E-state index contributed by atoms with van der Waals surface area (Å²) in [6.07, 6.45) is 0. The summed E-state index contributed by atoms with van der Waals surface area (Å²) >= 11 is 0. The maximum absolute atomic E-state index is 11.4. The van der Waals surface area contributed by atoms with E-state index in [9.17, 15) is 15.4 Å². The molecule has 0 saturated carbocycles.